The van der Waals surface area contributed by atoms with Crippen LogP contribution in [0.5, 0.6) is 0 Å². The molecule has 7 heteroatoms. The third-order valence-electron chi connectivity index (χ3n) is 2.06. The number of esters is 2. The molecule has 5 N–H and O–H groups in total. The van der Waals surface area contributed by atoms with Gasteiger partial charge in [-0.15, -0.1) is 0 Å². The minimum absolute atomic E-state index is 0.810. The van der Waals surface area contributed by atoms with Crippen molar-refractivity contribution in [3.63, 3.8) is 0 Å². The largest absolute Gasteiger partial charge is 0.459 e. The van der Waals surface area contributed by atoms with Gasteiger partial charge in [-0.05, 0) is 41.5 Å². The van der Waals surface area contributed by atoms with Crippen molar-refractivity contribution in [2.24, 2.45) is 17.4 Å². The minimum Gasteiger partial charge on any atom is -0.459 e. The Hall–Kier alpha value is -1.18. The van der Waals surface area contributed by atoms with Crippen LogP contribution in [0.25, 0.3) is 0 Å². The zero-order chi connectivity index (χ0) is 16.3. The van der Waals surface area contributed by atoms with Crippen molar-refractivity contribution in [1.82, 2.24) is 0 Å². The summed E-state index contributed by atoms with van der Waals surface area (Å²) in [5.74, 6) is -3.41. The minimum atomic E-state index is -1.58. The second-order valence-corrected chi connectivity index (χ2v) is 6.61. The van der Waals surface area contributed by atoms with E-state index in [0.717, 1.165) is 0 Å². The van der Waals surface area contributed by atoms with E-state index in [1.807, 2.05) is 0 Å². The first kappa shape index (κ1) is 18.8. The van der Waals surface area contributed by atoms with Gasteiger partial charge in [0, 0.05) is 0 Å². The molecular weight excluding hydrogens is 264 g/mol. The fourth-order valence-corrected chi connectivity index (χ4v) is 1.33. The van der Waals surface area contributed by atoms with Gasteiger partial charge in [-0.3, -0.25) is 9.59 Å². The van der Waals surface area contributed by atoms with Crippen LogP contribution in [0.3, 0.4) is 0 Å². The average Bonchev–Trinajstić information content (AvgIpc) is 2.10. The van der Waals surface area contributed by atoms with Crippen LogP contribution in [0.4, 0.5) is 0 Å². The number of carbonyl (C=O) groups excluding carboxylic acids is 2. The zero-order valence-electron chi connectivity index (χ0n) is 13.0. The Bertz CT molecular complexity index is 327. The number of ether oxygens (including phenoxy) is 2. The summed E-state index contributed by atoms with van der Waals surface area (Å²) in [5, 5.41) is 9.87. The lowest BCUT2D eigenvalue weighted by Crippen LogP contribution is -2.53. The Labute approximate surface area is 119 Å². The standard InChI is InChI=1S/C13H26N2O5/c1-12(2,3)19-10(17)7(8(16)9(14)15)11(18)20-13(4,5)6/h7-9,16H,14-15H2,1-6H3. The number of hydrogen-bond acceptors (Lipinski definition) is 7. The Morgan fingerprint density at radius 1 is 0.900 bits per heavy atom. The van der Waals surface area contributed by atoms with E-state index in [2.05, 4.69) is 0 Å². The van der Waals surface area contributed by atoms with E-state index in [9.17, 15) is 14.7 Å². The smallest absolute Gasteiger partial charge is 0.323 e. The van der Waals surface area contributed by atoms with Crippen LogP contribution in [0.2, 0.25) is 0 Å². The third kappa shape index (κ3) is 6.83. The molecule has 118 valence electrons. The molecule has 0 fully saturated rings. The summed E-state index contributed by atoms with van der Waals surface area (Å²) < 4.78 is 10.2. The summed E-state index contributed by atoms with van der Waals surface area (Å²) in [6.45, 7) is 9.87. The van der Waals surface area contributed by atoms with Crippen LogP contribution in [0.1, 0.15) is 41.5 Å². The molecule has 0 saturated heterocycles. The van der Waals surface area contributed by atoms with Gasteiger partial charge in [0.2, 0.25) is 0 Å². The van der Waals surface area contributed by atoms with E-state index >= 15 is 0 Å². The fourth-order valence-electron chi connectivity index (χ4n) is 1.33. The van der Waals surface area contributed by atoms with Crippen molar-refractivity contribution < 1.29 is 24.2 Å². The van der Waals surface area contributed by atoms with Gasteiger partial charge < -0.3 is 26.0 Å². The highest BCUT2D eigenvalue weighted by molar-refractivity contribution is 5.96. The molecule has 0 rings (SSSR count). The maximum Gasteiger partial charge on any atom is 0.323 e. The van der Waals surface area contributed by atoms with Crippen molar-refractivity contribution >= 4 is 11.9 Å². The zero-order valence-corrected chi connectivity index (χ0v) is 13.0. The van der Waals surface area contributed by atoms with E-state index in [1.54, 1.807) is 41.5 Å². The molecule has 1 atom stereocenters. The van der Waals surface area contributed by atoms with E-state index in [-0.39, 0.29) is 0 Å². The molecule has 0 saturated carbocycles. The monoisotopic (exact) mass is 290 g/mol. The molecule has 0 aromatic heterocycles. The number of nitrogens with two attached hydrogens (primary N) is 2. The lowest BCUT2D eigenvalue weighted by molar-refractivity contribution is -0.180. The fraction of sp³-hybridized carbons (Fsp3) is 0.846. The first-order valence-corrected chi connectivity index (χ1v) is 6.39. The van der Waals surface area contributed by atoms with E-state index < -0.39 is 41.3 Å². The quantitative estimate of drug-likeness (QED) is 0.375. The first-order valence-electron chi connectivity index (χ1n) is 6.39. The summed E-state index contributed by atoms with van der Waals surface area (Å²) in [6, 6.07) is 0. The molecular formula is C13H26N2O5. The third-order valence-corrected chi connectivity index (χ3v) is 2.06. The average molecular weight is 290 g/mol. The summed E-state index contributed by atoms with van der Waals surface area (Å²) >= 11 is 0. The van der Waals surface area contributed by atoms with Crippen LogP contribution >= 0.6 is 0 Å². The Balaban J connectivity index is 5.19. The predicted molar refractivity (Wildman–Crippen MR) is 73.3 cm³/mol. The van der Waals surface area contributed by atoms with Crippen molar-refractivity contribution in [2.45, 2.75) is 65.0 Å². The molecule has 0 heterocycles. The van der Waals surface area contributed by atoms with Crippen molar-refractivity contribution in [1.29, 1.82) is 0 Å². The number of carbonyl (C=O) groups is 2. The maximum absolute atomic E-state index is 12.0. The lowest BCUT2D eigenvalue weighted by Gasteiger charge is -2.29. The predicted octanol–water partition coefficient (Wildman–Crippen LogP) is -0.110. The molecule has 0 amide bonds. The second-order valence-electron chi connectivity index (χ2n) is 6.61. The van der Waals surface area contributed by atoms with Crippen LogP contribution in [-0.2, 0) is 19.1 Å². The van der Waals surface area contributed by atoms with E-state index in [1.165, 1.54) is 0 Å². The Morgan fingerprint density at radius 3 is 1.40 bits per heavy atom. The molecule has 7 nitrogen and oxygen atoms in total. The number of aliphatic hydroxyl groups excluding tert-OH is 1. The van der Waals surface area contributed by atoms with Gasteiger partial charge in [0.1, 0.15) is 17.3 Å². The van der Waals surface area contributed by atoms with Crippen LogP contribution < -0.4 is 11.5 Å². The van der Waals surface area contributed by atoms with Gasteiger partial charge in [0.05, 0.1) is 6.17 Å². The van der Waals surface area contributed by atoms with E-state index in [4.69, 9.17) is 20.9 Å². The van der Waals surface area contributed by atoms with E-state index in [0.29, 0.717) is 0 Å². The molecule has 0 aliphatic rings. The molecule has 0 aliphatic heterocycles. The van der Waals surface area contributed by atoms with Crippen LogP contribution in [0, 0.1) is 5.92 Å². The second kappa shape index (κ2) is 6.51. The van der Waals surface area contributed by atoms with Gasteiger partial charge in [-0.2, -0.15) is 0 Å². The molecule has 0 bridgehead atoms. The summed E-state index contributed by atoms with van der Waals surface area (Å²) in [4.78, 5) is 24.1. The number of hydrogen-bond donors (Lipinski definition) is 3. The highest BCUT2D eigenvalue weighted by Gasteiger charge is 2.41. The lowest BCUT2D eigenvalue weighted by atomic mass is 9.99. The molecule has 0 radical (unpaired) electrons. The van der Waals surface area contributed by atoms with Gasteiger partial charge >= 0.3 is 11.9 Å². The summed E-state index contributed by atoms with van der Waals surface area (Å²) in [7, 11) is 0. The number of rotatable bonds is 4. The van der Waals surface area contributed by atoms with Crippen LogP contribution in [-0.4, -0.2) is 40.5 Å². The highest BCUT2D eigenvalue weighted by Crippen LogP contribution is 2.19. The highest BCUT2D eigenvalue weighted by atomic mass is 16.6. The number of aliphatic hydroxyl groups is 1. The SMILES string of the molecule is CC(C)(C)OC(=O)C(C(=O)OC(C)(C)C)C(O)C(N)N. The van der Waals surface area contributed by atoms with Crippen molar-refractivity contribution in [3.8, 4) is 0 Å². The molecule has 0 aliphatic carbocycles. The van der Waals surface area contributed by atoms with Gasteiger partial charge in [-0.25, -0.2) is 0 Å². The van der Waals surface area contributed by atoms with Gasteiger partial charge in [0.15, 0.2) is 5.92 Å². The van der Waals surface area contributed by atoms with Gasteiger partial charge in [0.25, 0.3) is 0 Å². The van der Waals surface area contributed by atoms with Gasteiger partial charge in [-0.1, -0.05) is 0 Å². The normalized spacial score (nSPS) is 14.3. The molecule has 0 aromatic rings. The maximum atomic E-state index is 12.0. The summed E-state index contributed by atoms with van der Waals surface area (Å²) in [6.07, 6.45) is -2.85. The molecule has 1 unspecified atom stereocenters. The Morgan fingerprint density at radius 2 is 1.20 bits per heavy atom. The molecule has 20 heavy (non-hydrogen) atoms. The molecule has 0 aromatic carbocycles. The van der Waals surface area contributed by atoms with Crippen molar-refractivity contribution in [2.75, 3.05) is 0 Å². The first-order chi connectivity index (χ1) is 8.74. The molecule has 0 spiro atoms. The summed E-state index contributed by atoms with van der Waals surface area (Å²) in [5.41, 5.74) is 9.08. The Kier molecular flexibility index (Phi) is 6.13. The van der Waals surface area contributed by atoms with Crippen LogP contribution in [0.15, 0.2) is 0 Å². The topological polar surface area (TPSA) is 125 Å². The van der Waals surface area contributed by atoms with Crippen molar-refractivity contribution in [3.05, 3.63) is 0 Å².